The van der Waals surface area contributed by atoms with E-state index in [0.29, 0.717) is 50.7 Å². The summed E-state index contributed by atoms with van der Waals surface area (Å²) in [6, 6.07) is 3.44. The van der Waals surface area contributed by atoms with Gasteiger partial charge in [-0.3, -0.25) is 18.7 Å². The number of nitrogens with zero attached hydrogens (tertiary/aromatic N) is 2. The summed E-state index contributed by atoms with van der Waals surface area (Å²) in [6.07, 6.45) is 51.9. The topological polar surface area (TPSA) is 143 Å². The van der Waals surface area contributed by atoms with Crippen molar-refractivity contribution in [1.82, 2.24) is 9.13 Å². The number of carbonyl (C=O) groups excluding carboxylic acids is 2. The summed E-state index contributed by atoms with van der Waals surface area (Å²) in [4.78, 5) is 24.4. The fourth-order valence-corrected chi connectivity index (χ4v) is 12.0. The van der Waals surface area contributed by atoms with E-state index >= 15 is 0 Å². The maximum Gasteiger partial charge on any atom is 0.306 e. The number of hydrogen-bond acceptors (Lipinski definition) is 10. The third kappa shape index (κ3) is 36.4. The van der Waals surface area contributed by atoms with Crippen LogP contribution in [0.5, 0.6) is 23.5 Å². The first-order valence-corrected chi connectivity index (χ1v) is 33.5. The van der Waals surface area contributed by atoms with E-state index in [2.05, 4.69) is 13.8 Å². The Morgan fingerprint density at radius 1 is 0.378 bits per heavy atom. The van der Waals surface area contributed by atoms with Crippen molar-refractivity contribution in [2.45, 2.75) is 309 Å². The molecule has 0 unspecified atom stereocenters. The average Bonchev–Trinajstić information content (AvgIpc) is 3.82. The SMILES string of the molecule is CCCCCCCCCCCCCCCCCCc1cc(O)n(CCCCCCOC(=O)CCSSCCC(=O)OCCCCCCn2c(O)cc(CCCCCCCCCCCCCCCCCC)c2O)c1O. The number of ether oxygens (including phenoxy) is 2. The van der Waals surface area contributed by atoms with E-state index < -0.39 is 0 Å². The number of aromatic hydroxyl groups is 4. The van der Waals surface area contributed by atoms with E-state index in [1.165, 1.54) is 180 Å². The fraction of sp³-hybridized carbons (Fsp3) is 0.839. The third-order valence-corrected chi connectivity index (χ3v) is 17.2. The molecule has 0 atom stereocenters. The van der Waals surface area contributed by atoms with Gasteiger partial charge in [0.1, 0.15) is 0 Å². The Labute approximate surface area is 460 Å². The van der Waals surface area contributed by atoms with Crippen molar-refractivity contribution in [1.29, 1.82) is 0 Å². The van der Waals surface area contributed by atoms with E-state index in [1.807, 2.05) is 0 Å². The molecule has 10 nitrogen and oxygen atoms in total. The highest BCUT2D eigenvalue weighted by Crippen LogP contribution is 2.31. The van der Waals surface area contributed by atoms with Gasteiger partial charge in [0, 0.05) is 47.9 Å². The van der Waals surface area contributed by atoms with Gasteiger partial charge < -0.3 is 29.9 Å². The third-order valence-electron chi connectivity index (χ3n) is 14.8. The summed E-state index contributed by atoms with van der Waals surface area (Å²) in [5.74, 6) is 1.52. The summed E-state index contributed by atoms with van der Waals surface area (Å²) in [6.45, 7) is 6.48. The van der Waals surface area contributed by atoms with E-state index in [0.717, 1.165) is 101 Å². The Balaban J connectivity index is 1.34. The highest BCUT2D eigenvalue weighted by Gasteiger charge is 2.15. The van der Waals surface area contributed by atoms with Crippen LogP contribution >= 0.6 is 21.6 Å². The lowest BCUT2D eigenvalue weighted by atomic mass is 10.0. The van der Waals surface area contributed by atoms with E-state index in [4.69, 9.17) is 9.47 Å². The van der Waals surface area contributed by atoms with Crippen LogP contribution in [0.3, 0.4) is 0 Å². The molecule has 2 rings (SSSR count). The van der Waals surface area contributed by atoms with E-state index in [9.17, 15) is 30.0 Å². The molecule has 0 aromatic carbocycles. The van der Waals surface area contributed by atoms with Gasteiger partial charge in [-0.15, -0.1) is 0 Å². The lowest BCUT2D eigenvalue weighted by molar-refractivity contribution is -0.144. The molecule has 0 saturated carbocycles. The predicted octanol–water partition coefficient (Wildman–Crippen LogP) is 18.8. The van der Waals surface area contributed by atoms with Crippen LogP contribution in [0.4, 0.5) is 0 Å². The van der Waals surface area contributed by atoms with E-state index in [1.54, 1.807) is 42.9 Å². The molecule has 4 N–H and O–H groups in total. The molecule has 2 aromatic rings. The van der Waals surface area contributed by atoms with Crippen molar-refractivity contribution in [2.24, 2.45) is 0 Å². The molecule has 0 aliphatic carbocycles. The Morgan fingerprint density at radius 2 is 0.635 bits per heavy atom. The summed E-state index contributed by atoms with van der Waals surface area (Å²) in [5.41, 5.74) is 1.68. The lowest BCUT2D eigenvalue weighted by Gasteiger charge is -2.08. The van der Waals surface area contributed by atoms with Crippen molar-refractivity contribution < 1.29 is 39.5 Å². The molecule has 0 amide bonds. The molecule has 2 heterocycles. The number of rotatable bonds is 55. The van der Waals surface area contributed by atoms with Gasteiger partial charge in [0.25, 0.3) is 0 Å². The van der Waals surface area contributed by atoms with Crippen LogP contribution in [0.25, 0.3) is 0 Å². The number of hydrogen-bond donors (Lipinski definition) is 4. The molecule has 430 valence electrons. The Morgan fingerprint density at radius 3 is 0.932 bits per heavy atom. The largest absolute Gasteiger partial charge is 0.494 e. The van der Waals surface area contributed by atoms with Gasteiger partial charge in [0.05, 0.1) is 26.1 Å². The minimum absolute atomic E-state index is 0.135. The first-order valence-electron chi connectivity index (χ1n) is 31.0. The molecule has 74 heavy (non-hydrogen) atoms. The monoisotopic (exact) mass is 1080 g/mol. The molecule has 0 fully saturated rings. The zero-order valence-corrected chi connectivity index (χ0v) is 49.3. The van der Waals surface area contributed by atoms with Gasteiger partial charge in [0.15, 0.2) is 23.5 Å². The first kappa shape index (κ1) is 67.5. The highest BCUT2D eigenvalue weighted by molar-refractivity contribution is 8.76. The van der Waals surface area contributed by atoms with Crippen molar-refractivity contribution in [2.75, 3.05) is 24.7 Å². The van der Waals surface area contributed by atoms with Crippen LogP contribution < -0.4 is 0 Å². The summed E-state index contributed by atoms with van der Waals surface area (Å²) in [5, 5.41) is 42.4. The number of aryl methyl sites for hydroxylation is 2. The Bertz CT molecular complexity index is 1500. The highest BCUT2D eigenvalue weighted by atomic mass is 33.1. The van der Waals surface area contributed by atoms with Gasteiger partial charge in [-0.05, 0) is 64.2 Å². The van der Waals surface area contributed by atoms with Crippen molar-refractivity contribution >= 4 is 33.5 Å². The average molecular weight is 1080 g/mol. The van der Waals surface area contributed by atoms with E-state index in [-0.39, 0.29) is 35.5 Å². The fourth-order valence-electron chi connectivity index (χ4n) is 10.0. The number of aromatic nitrogens is 2. The smallest absolute Gasteiger partial charge is 0.306 e. The van der Waals surface area contributed by atoms with Gasteiger partial charge in [-0.1, -0.05) is 241 Å². The van der Waals surface area contributed by atoms with Crippen LogP contribution in [0, 0.1) is 0 Å². The zero-order chi connectivity index (χ0) is 53.4. The molecule has 2 aromatic heterocycles. The molecule has 0 radical (unpaired) electrons. The van der Waals surface area contributed by atoms with Crippen LogP contribution in [-0.2, 0) is 45.0 Å². The molecule has 0 saturated heterocycles. The molecule has 0 aliphatic rings. The number of esters is 2. The second-order valence-corrected chi connectivity index (χ2v) is 24.2. The van der Waals surface area contributed by atoms with Gasteiger partial charge in [-0.2, -0.15) is 0 Å². The summed E-state index contributed by atoms with van der Waals surface area (Å²) in [7, 11) is 3.13. The van der Waals surface area contributed by atoms with Gasteiger partial charge >= 0.3 is 11.9 Å². The quantitative estimate of drug-likeness (QED) is 0.0287. The first-order chi connectivity index (χ1) is 36.3. The molecular weight excluding hydrogens is 965 g/mol. The standard InChI is InChI=1S/C62H112N2O8S2/c1-3-5-7-9-11-13-15-17-19-21-23-25-27-29-31-37-43-55-53-57(65)63(61(55)69)47-39-33-35-41-49-71-59(67)45-51-73-74-52-46-60(68)72-50-42-36-34-40-48-64-58(66)54-56(62(64)70)44-38-32-30-28-26-24-22-20-18-16-14-12-10-8-6-4-2/h53-54,65-66,69-70H,3-52H2,1-2H3. The molecule has 0 bridgehead atoms. The summed E-state index contributed by atoms with van der Waals surface area (Å²) < 4.78 is 14.1. The maximum absolute atomic E-state index is 12.2. The van der Waals surface area contributed by atoms with Gasteiger partial charge in [-0.25, -0.2) is 0 Å². The van der Waals surface area contributed by atoms with Gasteiger partial charge in [0.2, 0.25) is 0 Å². The van der Waals surface area contributed by atoms with Crippen molar-refractivity contribution in [3.8, 4) is 23.5 Å². The minimum atomic E-state index is -0.205. The van der Waals surface area contributed by atoms with Crippen LogP contribution in [0.15, 0.2) is 12.1 Å². The number of carbonyl (C=O) groups is 2. The second kappa shape index (κ2) is 48.7. The normalized spacial score (nSPS) is 11.5. The number of unbranched alkanes of at least 4 members (excludes halogenated alkanes) is 36. The van der Waals surface area contributed by atoms with Crippen LogP contribution in [0.1, 0.15) is 295 Å². The molecule has 0 aliphatic heterocycles. The molecule has 0 spiro atoms. The van der Waals surface area contributed by atoms with Crippen LogP contribution in [-0.4, -0.2) is 66.2 Å². The van der Waals surface area contributed by atoms with Crippen molar-refractivity contribution in [3.63, 3.8) is 0 Å². The predicted molar refractivity (Wildman–Crippen MR) is 315 cm³/mol. The van der Waals surface area contributed by atoms with Crippen LogP contribution in [0.2, 0.25) is 0 Å². The molecule has 12 heteroatoms. The lowest BCUT2D eigenvalue weighted by Crippen LogP contribution is -2.07. The Hall–Kier alpha value is -2.60. The minimum Gasteiger partial charge on any atom is -0.494 e. The Kier molecular flexibility index (Phi) is 44.5. The maximum atomic E-state index is 12.2. The van der Waals surface area contributed by atoms with Crippen molar-refractivity contribution in [3.05, 3.63) is 23.3 Å². The second-order valence-electron chi connectivity index (χ2n) is 21.5. The summed E-state index contributed by atoms with van der Waals surface area (Å²) >= 11 is 0. The zero-order valence-electron chi connectivity index (χ0n) is 47.6. The molecular formula is C62H112N2O8S2.